The smallest absolute Gasteiger partial charge is 0.242 e. The van der Waals surface area contributed by atoms with Crippen LogP contribution in [-0.2, 0) is 21.4 Å². The Hall–Kier alpha value is -2.20. The number of amides is 1. The van der Waals surface area contributed by atoms with E-state index in [1.54, 1.807) is 24.3 Å². The van der Waals surface area contributed by atoms with E-state index in [1.165, 1.54) is 18.4 Å². The van der Waals surface area contributed by atoms with Gasteiger partial charge in [0, 0.05) is 11.7 Å². The molecule has 0 bridgehead atoms. The first-order valence-electron chi connectivity index (χ1n) is 9.27. The highest BCUT2D eigenvalue weighted by molar-refractivity contribution is 7.89. The number of carbonyl (C=O) groups excluding carboxylic acids is 1. The van der Waals surface area contributed by atoms with Crippen molar-refractivity contribution < 1.29 is 17.6 Å². The van der Waals surface area contributed by atoms with Gasteiger partial charge in [0.05, 0.1) is 17.7 Å². The van der Waals surface area contributed by atoms with Gasteiger partial charge in [-0.3, -0.25) is 10.2 Å². The zero-order valence-electron chi connectivity index (χ0n) is 15.9. The number of hydrogen-bond acceptors (Lipinski definition) is 6. The second-order valence-electron chi connectivity index (χ2n) is 7.32. The molecule has 0 spiro atoms. The van der Waals surface area contributed by atoms with Crippen LogP contribution in [-0.4, -0.2) is 26.4 Å². The Morgan fingerprint density at radius 2 is 2.07 bits per heavy atom. The van der Waals surface area contributed by atoms with Crippen molar-refractivity contribution in [3.05, 3.63) is 48.4 Å². The molecule has 9 heteroatoms. The number of rotatable bonds is 8. The molecule has 2 heterocycles. The van der Waals surface area contributed by atoms with Crippen LogP contribution in [0, 0.1) is 5.92 Å². The molecule has 1 aliphatic rings. The fourth-order valence-corrected chi connectivity index (χ4v) is 4.19. The maximum Gasteiger partial charge on any atom is 0.242 e. The molecule has 152 valence electrons. The van der Waals surface area contributed by atoms with Crippen LogP contribution >= 0.6 is 0 Å². The highest BCUT2D eigenvalue weighted by Gasteiger charge is 2.29. The van der Waals surface area contributed by atoms with Gasteiger partial charge in [-0.2, -0.15) is 0 Å². The van der Waals surface area contributed by atoms with Gasteiger partial charge in [0.15, 0.2) is 0 Å². The van der Waals surface area contributed by atoms with Gasteiger partial charge in [-0.1, -0.05) is 19.9 Å². The first-order valence-corrected chi connectivity index (χ1v) is 10.8. The molecule has 2 unspecified atom stereocenters. The molecule has 2 atom stereocenters. The van der Waals surface area contributed by atoms with Crippen molar-refractivity contribution in [1.82, 2.24) is 15.6 Å². The third-order valence-corrected chi connectivity index (χ3v) is 5.88. The molecule has 1 aromatic carbocycles. The number of nitrogens with one attached hydrogen (secondary N) is 4. The minimum atomic E-state index is -3.73. The highest BCUT2D eigenvalue weighted by atomic mass is 32.2. The lowest BCUT2D eigenvalue weighted by Gasteiger charge is -2.12. The molecule has 0 aliphatic carbocycles. The van der Waals surface area contributed by atoms with Crippen LogP contribution in [0.4, 0.5) is 5.69 Å². The van der Waals surface area contributed by atoms with E-state index < -0.39 is 10.0 Å². The van der Waals surface area contributed by atoms with E-state index in [0.29, 0.717) is 23.8 Å². The third kappa shape index (κ3) is 5.41. The van der Waals surface area contributed by atoms with Crippen molar-refractivity contribution in [2.45, 2.75) is 50.2 Å². The minimum Gasteiger partial charge on any atom is -0.468 e. The molecule has 28 heavy (non-hydrogen) atoms. The molecule has 3 rings (SSSR count). The van der Waals surface area contributed by atoms with Gasteiger partial charge in [-0.05, 0) is 49.1 Å². The Balaban J connectivity index is 1.60. The fraction of sp³-hybridized carbons (Fsp3) is 0.421. The monoisotopic (exact) mass is 406 g/mol. The molecule has 0 radical (unpaired) electrons. The molecule has 1 aromatic heterocycles. The number of hydrazine groups is 1. The third-order valence-electron chi connectivity index (χ3n) is 4.48. The Morgan fingerprint density at radius 1 is 1.25 bits per heavy atom. The second kappa shape index (κ2) is 8.87. The first kappa shape index (κ1) is 20.5. The van der Waals surface area contributed by atoms with Crippen molar-refractivity contribution in [2.24, 2.45) is 5.92 Å². The van der Waals surface area contributed by atoms with Crippen LogP contribution in [0.25, 0.3) is 0 Å². The molecular formula is C19H26N4O4S. The number of carbonyl (C=O) groups is 1. The molecule has 1 saturated heterocycles. The van der Waals surface area contributed by atoms with Crippen LogP contribution < -0.4 is 20.9 Å². The summed E-state index contributed by atoms with van der Waals surface area (Å²) in [6.07, 6.45) is 3.15. The van der Waals surface area contributed by atoms with Gasteiger partial charge in [0.2, 0.25) is 15.9 Å². The number of benzene rings is 1. The zero-order chi connectivity index (χ0) is 20.1. The van der Waals surface area contributed by atoms with Crippen molar-refractivity contribution >= 4 is 21.6 Å². The Kier molecular flexibility index (Phi) is 6.50. The number of furan rings is 1. The molecule has 1 amide bonds. The Morgan fingerprint density at radius 3 is 2.79 bits per heavy atom. The maximum absolute atomic E-state index is 12.5. The van der Waals surface area contributed by atoms with E-state index in [-0.39, 0.29) is 29.4 Å². The van der Waals surface area contributed by atoms with Crippen molar-refractivity contribution in [3.8, 4) is 0 Å². The number of sulfonamides is 1. The molecular weight excluding hydrogens is 380 g/mol. The summed E-state index contributed by atoms with van der Waals surface area (Å²) in [6.45, 7) is 4.34. The largest absolute Gasteiger partial charge is 0.468 e. The number of hydrogen-bond donors (Lipinski definition) is 4. The van der Waals surface area contributed by atoms with Gasteiger partial charge >= 0.3 is 0 Å². The number of anilines is 1. The average molecular weight is 407 g/mol. The fourth-order valence-electron chi connectivity index (χ4n) is 3.15. The molecule has 1 fully saturated rings. The van der Waals surface area contributed by atoms with Gasteiger partial charge in [-0.25, -0.2) is 18.6 Å². The summed E-state index contributed by atoms with van der Waals surface area (Å²) in [7, 11) is -3.73. The molecule has 8 nitrogen and oxygen atoms in total. The zero-order valence-corrected chi connectivity index (χ0v) is 16.8. The summed E-state index contributed by atoms with van der Waals surface area (Å²) in [4.78, 5) is 12.6. The average Bonchev–Trinajstić information content (AvgIpc) is 3.32. The van der Waals surface area contributed by atoms with Crippen LogP contribution in [0.2, 0.25) is 0 Å². The van der Waals surface area contributed by atoms with Crippen LogP contribution in [0.5, 0.6) is 0 Å². The van der Waals surface area contributed by atoms with E-state index in [1.807, 2.05) is 0 Å². The lowest BCUT2D eigenvalue weighted by molar-refractivity contribution is -0.117. The second-order valence-corrected chi connectivity index (χ2v) is 9.09. The lowest BCUT2D eigenvalue weighted by atomic mass is 10.00. The van der Waals surface area contributed by atoms with Crippen LogP contribution in [0.15, 0.2) is 52.0 Å². The van der Waals surface area contributed by atoms with E-state index >= 15 is 0 Å². The summed E-state index contributed by atoms with van der Waals surface area (Å²) in [5.74, 6) is 0.859. The van der Waals surface area contributed by atoms with Crippen molar-refractivity contribution in [2.75, 3.05) is 5.32 Å². The van der Waals surface area contributed by atoms with Crippen LogP contribution in [0.1, 0.15) is 32.4 Å². The van der Waals surface area contributed by atoms with Gasteiger partial charge in [0.25, 0.3) is 0 Å². The summed E-state index contributed by atoms with van der Waals surface area (Å²) in [6, 6.07) is 9.45. The maximum atomic E-state index is 12.5. The van der Waals surface area contributed by atoms with E-state index in [0.717, 1.165) is 6.42 Å². The molecule has 1 aliphatic heterocycles. The predicted octanol–water partition coefficient (Wildman–Crippen LogP) is 1.98. The summed E-state index contributed by atoms with van der Waals surface area (Å²) in [5, 5.41) is 2.79. The quantitative estimate of drug-likeness (QED) is 0.533. The molecule has 0 saturated carbocycles. The normalized spacial score (nSPS) is 19.8. The Labute approximate surface area is 165 Å². The van der Waals surface area contributed by atoms with E-state index in [9.17, 15) is 13.2 Å². The van der Waals surface area contributed by atoms with Gasteiger partial charge in [0.1, 0.15) is 11.8 Å². The van der Waals surface area contributed by atoms with E-state index in [2.05, 4.69) is 34.7 Å². The summed E-state index contributed by atoms with van der Waals surface area (Å²) in [5.41, 5.74) is 6.59. The Bertz CT molecular complexity index is 896. The topological polar surface area (TPSA) is 112 Å². The SMILES string of the molecule is CC(C)CC1CC(C(=O)Nc2cccc(S(=O)(=O)NCc3ccco3)c2)NN1. The van der Waals surface area contributed by atoms with Crippen molar-refractivity contribution in [1.29, 1.82) is 0 Å². The summed E-state index contributed by atoms with van der Waals surface area (Å²) >= 11 is 0. The minimum absolute atomic E-state index is 0.0564. The first-order chi connectivity index (χ1) is 13.3. The van der Waals surface area contributed by atoms with Gasteiger partial charge in [-0.15, -0.1) is 0 Å². The highest BCUT2D eigenvalue weighted by Crippen LogP contribution is 2.18. The molecule has 2 aromatic rings. The predicted molar refractivity (Wildman–Crippen MR) is 106 cm³/mol. The van der Waals surface area contributed by atoms with Crippen molar-refractivity contribution in [3.63, 3.8) is 0 Å². The lowest BCUT2D eigenvalue weighted by Crippen LogP contribution is -2.40. The van der Waals surface area contributed by atoms with Gasteiger partial charge < -0.3 is 9.73 Å². The van der Waals surface area contributed by atoms with Crippen LogP contribution in [0.3, 0.4) is 0 Å². The van der Waals surface area contributed by atoms with E-state index in [4.69, 9.17) is 4.42 Å². The summed E-state index contributed by atoms with van der Waals surface area (Å²) < 4.78 is 32.6. The molecule has 4 N–H and O–H groups in total. The standard InChI is InChI=1S/C19H26N4O4S/c1-13(2)9-15-11-18(23-22-15)19(24)21-14-5-3-7-17(10-14)28(25,26)20-12-16-6-4-8-27-16/h3-8,10,13,15,18,20,22-23H,9,11-12H2,1-2H3,(H,21,24).